The largest absolute Gasteiger partial charge is 0.481 e. The van der Waals surface area contributed by atoms with Gasteiger partial charge in [-0.05, 0) is 141 Å². The van der Waals surface area contributed by atoms with Gasteiger partial charge in [-0.2, -0.15) is 0 Å². The van der Waals surface area contributed by atoms with E-state index in [1.807, 2.05) is 19.1 Å². The minimum absolute atomic E-state index is 0.0881. The number of benzene rings is 1. The number of carbonyl (C=O) groups excluding carboxylic acids is 1. The third-order valence-corrected chi connectivity index (χ3v) is 14.1. The summed E-state index contributed by atoms with van der Waals surface area (Å²) < 4.78 is 17.9. The Kier molecular flexibility index (Phi) is 8.92. The van der Waals surface area contributed by atoms with Gasteiger partial charge >= 0.3 is 11.6 Å². The number of fused-ring (bicyclic) bond motifs is 8. The highest BCUT2D eigenvalue weighted by atomic mass is 16.6. The van der Waals surface area contributed by atoms with E-state index in [4.69, 9.17) is 13.9 Å². The first-order valence-corrected chi connectivity index (χ1v) is 19.1. The van der Waals surface area contributed by atoms with Crippen LogP contribution in [0.5, 0.6) is 5.75 Å². The second-order valence-electron chi connectivity index (χ2n) is 17.3. The van der Waals surface area contributed by atoms with Gasteiger partial charge < -0.3 is 13.9 Å². The van der Waals surface area contributed by atoms with Gasteiger partial charge in [0.05, 0.1) is 5.39 Å². The molecule has 3 saturated carbocycles. The number of carbonyl (C=O) groups is 1. The predicted octanol–water partition coefficient (Wildman–Crippen LogP) is 9.92. The molecule has 5 aliphatic carbocycles. The molecule has 0 N–H and O–H groups in total. The molecule has 0 radical (unpaired) electrons. The Bertz CT molecular complexity index is 1600. The van der Waals surface area contributed by atoms with Gasteiger partial charge in [-0.25, -0.2) is 9.59 Å². The normalized spacial score (nSPS) is 33.5. The Morgan fingerprint density at radius 3 is 2.62 bits per heavy atom. The number of hydrogen-bond donors (Lipinski definition) is 0. The number of rotatable bonds is 9. The molecule has 47 heavy (non-hydrogen) atoms. The van der Waals surface area contributed by atoms with Crippen molar-refractivity contribution in [1.29, 1.82) is 0 Å². The van der Waals surface area contributed by atoms with Gasteiger partial charge in [0, 0.05) is 12.0 Å². The van der Waals surface area contributed by atoms with E-state index in [1.165, 1.54) is 51.4 Å². The molecule has 3 fully saturated rings. The third-order valence-electron chi connectivity index (χ3n) is 14.1. The molecule has 256 valence electrons. The van der Waals surface area contributed by atoms with Crippen LogP contribution in [-0.2, 0) is 22.4 Å². The van der Waals surface area contributed by atoms with Crippen LogP contribution < -0.4 is 10.4 Å². The first-order valence-electron chi connectivity index (χ1n) is 19.1. The highest BCUT2D eigenvalue weighted by Gasteiger charge is 2.59. The van der Waals surface area contributed by atoms with Gasteiger partial charge in [0.25, 0.3) is 0 Å². The molecule has 1 aromatic carbocycles. The smallest absolute Gasteiger partial charge is 0.344 e. The highest BCUT2D eigenvalue weighted by Crippen LogP contribution is 2.67. The molecule has 8 atom stereocenters. The number of allylic oxidation sites excluding steroid dienone is 1. The average molecular weight is 643 g/mol. The fourth-order valence-corrected chi connectivity index (χ4v) is 11.7. The molecule has 5 aliphatic rings. The van der Waals surface area contributed by atoms with Crippen LogP contribution in [-0.4, -0.2) is 18.7 Å². The summed E-state index contributed by atoms with van der Waals surface area (Å²) in [5, 5.41) is 0.837. The Morgan fingerprint density at radius 2 is 1.81 bits per heavy atom. The van der Waals surface area contributed by atoms with Crippen LogP contribution in [0, 0.1) is 53.3 Å². The van der Waals surface area contributed by atoms with E-state index in [0.717, 1.165) is 96.1 Å². The quantitative estimate of drug-likeness (QED) is 0.155. The van der Waals surface area contributed by atoms with Crippen molar-refractivity contribution in [3.8, 4) is 5.75 Å². The third kappa shape index (κ3) is 5.90. The summed E-state index contributed by atoms with van der Waals surface area (Å²) >= 11 is 0. The van der Waals surface area contributed by atoms with Gasteiger partial charge in [0.1, 0.15) is 17.4 Å². The summed E-state index contributed by atoms with van der Waals surface area (Å²) in [5.74, 6) is 5.24. The maximum atomic E-state index is 13.2. The SMILES string of the molecule is Cc1cc(OCC(=O)O[C@H]2CC[C@@]3(C)C(=CC[C@H]4[C@@H]5CC[C@H]([C@H](C)CCCC(C)C)[C@@]5(C)CC[C@@H]43)C2)c2c3c(c(=O)oc2c1)CCC3. The van der Waals surface area contributed by atoms with Crippen LogP contribution in [0.1, 0.15) is 128 Å². The highest BCUT2D eigenvalue weighted by molar-refractivity contribution is 5.89. The molecule has 0 unspecified atom stereocenters. The molecule has 1 heterocycles. The van der Waals surface area contributed by atoms with Crippen molar-refractivity contribution in [2.45, 2.75) is 138 Å². The molecule has 1 aromatic heterocycles. The average Bonchev–Trinajstić information content (AvgIpc) is 3.65. The molecule has 2 aromatic rings. The zero-order chi connectivity index (χ0) is 33.1. The molecule has 5 heteroatoms. The minimum atomic E-state index is -0.315. The monoisotopic (exact) mass is 642 g/mol. The van der Waals surface area contributed by atoms with E-state index < -0.39 is 0 Å². The molecule has 0 spiro atoms. The Balaban J connectivity index is 0.987. The van der Waals surface area contributed by atoms with Crippen LogP contribution in [0.2, 0.25) is 0 Å². The van der Waals surface area contributed by atoms with Crippen molar-refractivity contribution in [2.75, 3.05) is 6.61 Å². The summed E-state index contributed by atoms with van der Waals surface area (Å²) in [6.45, 7) is 14.3. The van der Waals surface area contributed by atoms with Crippen molar-refractivity contribution < 1.29 is 18.7 Å². The summed E-state index contributed by atoms with van der Waals surface area (Å²) in [7, 11) is 0. The lowest BCUT2D eigenvalue weighted by Crippen LogP contribution is -2.51. The lowest BCUT2D eigenvalue weighted by molar-refractivity contribution is -0.153. The Morgan fingerprint density at radius 1 is 1.00 bits per heavy atom. The fourth-order valence-electron chi connectivity index (χ4n) is 11.7. The zero-order valence-electron chi connectivity index (χ0n) is 29.9. The molecule has 0 aliphatic heterocycles. The van der Waals surface area contributed by atoms with Gasteiger partial charge in [-0.3, -0.25) is 0 Å². The lowest BCUT2D eigenvalue weighted by atomic mass is 9.47. The van der Waals surface area contributed by atoms with Gasteiger partial charge in [-0.15, -0.1) is 0 Å². The molecule has 0 saturated heterocycles. The van der Waals surface area contributed by atoms with E-state index in [9.17, 15) is 9.59 Å². The van der Waals surface area contributed by atoms with Gasteiger partial charge in [-0.1, -0.05) is 65.5 Å². The number of aryl methyl sites for hydroxylation is 2. The van der Waals surface area contributed by atoms with E-state index in [1.54, 1.807) is 5.57 Å². The van der Waals surface area contributed by atoms with E-state index >= 15 is 0 Å². The van der Waals surface area contributed by atoms with E-state index in [-0.39, 0.29) is 29.7 Å². The second-order valence-corrected chi connectivity index (χ2v) is 17.3. The van der Waals surface area contributed by atoms with Crippen LogP contribution in [0.4, 0.5) is 0 Å². The Hall–Kier alpha value is -2.56. The van der Waals surface area contributed by atoms with Gasteiger partial charge in [0.2, 0.25) is 0 Å². The Labute approximate surface area is 282 Å². The predicted molar refractivity (Wildman–Crippen MR) is 188 cm³/mol. The van der Waals surface area contributed by atoms with Crippen LogP contribution >= 0.6 is 0 Å². The topological polar surface area (TPSA) is 65.7 Å². The summed E-state index contributed by atoms with van der Waals surface area (Å²) in [6, 6.07) is 3.83. The standard InChI is InChI=1S/C42H58O5/c1-25(2)9-7-10-27(4)33-15-16-34-32-14-13-28-23-29(17-19-41(28,5)35(32)18-20-42(33,34)6)46-38(43)24-45-36-21-26(3)22-37-39(36)30-11-8-12-31(30)40(44)47-37/h13,21-22,25,27,29,32-35H,7-12,14-20,23-24H2,1-6H3/t27-,29+,32+,33-,34+,35+,41+,42-/m1/s1. The summed E-state index contributed by atoms with van der Waals surface area (Å²) in [5.41, 5.74) is 5.27. The second kappa shape index (κ2) is 12.7. The van der Waals surface area contributed by atoms with Crippen molar-refractivity contribution in [3.05, 3.63) is 50.9 Å². The molecule has 7 rings (SSSR count). The summed E-state index contributed by atoms with van der Waals surface area (Å²) in [6.07, 6.45) is 18.8. The van der Waals surface area contributed by atoms with E-state index in [2.05, 4.69) is 40.7 Å². The van der Waals surface area contributed by atoms with Crippen molar-refractivity contribution in [1.82, 2.24) is 0 Å². The van der Waals surface area contributed by atoms with Gasteiger partial charge in [0.15, 0.2) is 6.61 Å². The number of hydrogen-bond acceptors (Lipinski definition) is 5. The molecular weight excluding hydrogens is 584 g/mol. The maximum absolute atomic E-state index is 13.2. The summed E-state index contributed by atoms with van der Waals surface area (Å²) in [4.78, 5) is 25.7. The first kappa shape index (κ1) is 33.0. The maximum Gasteiger partial charge on any atom is 0.344 e. The molecular formula is C42H58O5. The van der Waals surface area contributed by atoms with Crippen LogP contribution in [0.3, 0.4) is 0 Å². The minimum Gasteiger partial charge on any atom is -0.481 e. The molecule has 0 amide bonds. The fraction of sp³-hybridized carbons (Fsp3) is 0.714. The number of esters is 1. The first-order chi connectivity index (χ1) is 22.5. The molecule has 5 nitrogen and oxygen atoms in total. The number of ether oxygens (including phenoxy) is 2. The zero-order valence-corrected chi connectivity index (χ0v) is 29.9. The van der Waals surface area contributed by atoms with Crippen molar-refractivity contribution in [3.63, 3.8) is 0 Å². The van der Waals surface area contributed by atoms with E-state index in [0.29, 0.717) is 16.7 Å². The molecule has 0 bridgehead atoms. The van der Waals surface area contributed by atoms with Crippen molar-refractivity contribution in [2.24, 2.45) is 46.3 Å². The van der Waals surface area contributed by atoms with Crippen LogP contribution in [0.25, 0.3) is 11.0 Å². The van der Waals surface area contributed by atoms with Crippen LogP contribution in [0.15, 0.2) is 33.0 Å². The van der Waals surface area contributed by atoms with Crippen molar-refractivity contribution >= 4 is 16.9 Å². The lowest BCUT2D eigenvalue weighted by Gasteiger charge is -2.58.